The number of ether oxygens (including phenoxy) is 1. The van der Waals surface area contributed by atoms with Gasteiger partial charge in [0.15, 0.2) is 0 Å². The quantitative estimate of drug-likeness (QED) is 0.471. The van der Waals surface area contributed by atoms with E-state index in [1.807, 2.05) is 20.8 Å². The van der Waals surface area contributed by atoms with Gasteiger partial charge in [0.05, 0.1) is 12.4 Å². The second kappa shape index (κ2) is 5.84. The molecule has 6 heteroatoms. The number of amides is 2. The van der Waals surface area contributed by atoms with Crippen molar-refractivity contribution in [2.24, 2.45) is 0 Å². The van der Waals surface area contributed by atoms with Crippen molar-refractivity contribution in [3.05, 3.63) is 0 Å². The van der Waals surface area contributed by atoms with Gasteiger partial charge in [0, 0.05) is 13.1 Å². The lowest BCUT2D eigenvalue weighted by atomic mass is 10.1. The van der Waals surface area contributed by atoms with E-state index in [1.165, 1.54) is 4.90 Å². The summed E-state index contributed by atoms with van der Waals surface area (Å²) in [6, 6.07) is -0.124. The molecule has 1 N–H and O–H groups in total. The molecule has 0 aromatic heterocycles. The van der Waals surface area contributed by atoms with Crippen LogP contribution in [0.2, 0.25) is 0 Å². The zero-order valence-corrected chi connectivity index (χ0v) is 11.2. The van der Waals surface area contributed by atoms with Crippen LogP contribution in [-0.4, -0.2) is 53.4 Å². The Bertz CT molecular complexity index is 317. The fraction of sp³-hybridized carbons (Fsp3) is 0.750. The highest BCUT2D eigenvalue weighted by Gasteiger charge is 2.29. The highest BCUT2D eigenvalue weighted by Crippen LogP contribution is 2.17. The van der Waals surface area contributed by atoms with E-state index in [0.29, 0.717) is 19.5 Å². The highest BCUT2D eigenvalue weighted by atomic mass is 16.6. The topological polar surface area (TPSA) is 73.7 Å². The molecule has 0 aromatic rings. The van der Waals surface area contributed by atoms with Gasteiger partial charge in [-0.15, -0.1) is 0 Å². The lowest BCUT2D eigenvalue weighted by Gasteiger charge is -2.36. The van der Waals surface area contributed by atoms with Gasteiger partial charge in [-0.05, 0) is 33.6 Å². The van der Waals surface area contributed by atoms with Gasteiger partial charge in [-0.2, -0.15) is 0 Å². The Balaban J connectivity index is 2.60. The Morgan fingerprint density at radius 1 is 1.50 bits per heavy atom. The Hall–Kier alpha value is -1.59. The molecule has 2 amide bonds. The minimum Gasteiger partial charge on any atom is -0.444 e. The number of rotatable bonds is 3. The minimum atomic E-state index is -0.518. The molecule has 1 aliphatic rings. The molecule has 0 spiro atoms. The molecule has 6 nitrogen and oxygen atoms in total. The molecule has 0 radical (unpaired) electrons. The van der Waals surface area contributed by atoms with Gasteiger partial charge < -0.3 is 14.5 Å². The molecule has 18 heavy (non-hydrogen) atoms. The molecule has 1 aliphatic heterocycles. The summed E-state index contributed by atoms with van der Waals surface area (Å²) >= 11 is 0. The Morgan fingerprint density at radius 3 is 2.67 bits per heavy atom. The predicted molar refractivity (Wildman–Crippen MR) is 67.5 cm³/mol. The molecular formula is C12H21N3O3. The molecule has 102 valence electrons. The number of nitrogens with zero attached hydrogens (tertiary/aromatic N) is 2. The molecule has 1 heterocycles. The number of hydrogen-bond acceptors (Lipinski definition) is 4. The van der Waals surface area contributed by atoms with E-state index in [4.69, 9.17) is 10.1 Å². The van der Waals surface area contributed by atoms with Crippen LogP contribution in [0.3, 0.4) is 0 Å². The summed E-state index contributed by atoms with van der Waals surface area (Å²) in [4.78, 5) is 25.6. The van der Waals surface area contributed by atoms with Crippen LogP contribution in [0.25, 0.3) is 0 Å². The van der Waals surface area contributed by atoms with Crippen LogP contribution < -0.4 is 0 Å². The maximum Gasteiger partial charge on any atom is 0.410 e. The van der Waals surface area contributed by atoms with Crippen molar-refractivity contribution >= 4 is 18.8 Å². The molecule has 1 fully saturated rings. The maximum atomic E-state index is 11.9. The maximum absolute atomic E-state index is 11.9. The molecule has 0 bridgehead atoms. The third-order valence-corrected chi connectivity index (χ3v) is 2.74. The molecular weight excluding hydrogens is 234 g/mol. The standard InChI is InChI=1S/C12H21N3O3/c1-12(2,3)18-11(17)14-6-4-5-10(7-14)15(8-13)9-16/h8-10,13H,4-7H2,1-3H3. The fourth-order valence-electron chi connectivity index (χ4n) is 1.91. The van der Waals surface area contributed by atoms with Crippen LogP contribution in [0.1, 0.15) is 33.6 Å². The van der Waals surface area contributed by atoms with Crippen LogP contribution in [-0.2, 0) is 9.53 Å². The first kappa shape index (κ1) is 14.5. The summed E-state index contributed by atoms with van der Waals surface area (Å²) in [5.74, 6) is 0. The monoisotopic (exact) mass is 255 g/mol. The zero-order valence-electron chi connectivity index (χ0n) is 11.2. The van der Waals surface area contributed by atoms with Gasteiger partial charge >= 0.3 is 6.09 Å². The first-order valence-electron chi connectivity index (χ1n) is 6.08. The number of nitrogens with one attached hydrogen (secondary N) is 1. The number of carbonyl (C=O) groups is 2. The molecule has 1 atom stereocenters. The van der Waals surface area contributed by atoms with Crippen molar-refractivity contribution in [2.75, 3.05) is 13.1 Å². The second-order valence-electron chi connectivity index (χ2n) is 5.40. The lowest BCUT2D eigenvalue weighted by molar-refractivity contribution is -0.116. The molecule has 0 saturated carbocycles. The van der Waals surface area contributed by atoms with Crippen molar-refractivity contribution in [1.29, 1.82) is 5.41 Å². The summed E-state index contributed by atoms with van der Waals surface area (Å²) in [5.41, 5.74) is -0.518. The Labute approximate surface area is 107 Å². The minimum absolute atomic E-state index is 0.124. The fourth-order valence-corrected chi connectivity index (χ4v) is 1.91. The summed E-state index contributed by atoms with van der Waals surface area (Å²) in [6.45, 7) is 6.52. The first-order valence-corrected chi connectivity index (χ1v) is 6.08. The molecule has 1 unspecified atom stereocenters. The molecule has 1 rings (SSSR count). The third-order valence-electron chi connectivity index (χ3n) is 2.74. The van der Waals surface area contributed by atoms with Gasteiger partial charge in [0.1, 0.15) is 5.60 Å². The molecule has 0 aromatic carbocycles. The summed E-state index contributed by atoms with van der Waals surface area (Å²) in [6.07, 6.45) is 2.87. The number of hydrogen-bond donors (Lipinski definition) is 1. The smallest absolute Gasteiger partial charge is 0.410 e. The van der Waals surface area contributed by atoms with Gasteiger partial charge in [-0.1, -0.05) is 0 Å². The van der Waals surface area contributed by atoms with E-state index in [-0.39, 0.29) is 12.1 Å². The Kier molecular flexibility index (Phi) is 4.69. The van der Waals surface area contributed by atoms with E-state index in [1.54, 1.807) is 4.90 Å². The largest absolute Gasteiger partial charge is 0.444 e. The van der Waals surface area contributed by atoms with Crippen molar-refractivity contribution in [2.45, 2.75) is 45.3 Å². The van der Waals surface area contributed by atoms with Crippen LogP contribution >= 0.6 is 0 Å². The summed E-state index contributed by atoms with van der Waals surface area (Å²) in [5, 5.41) is 7.15. The SMILES string of the molecule is CC(C)(C)OC(=O)N1CCCC(N(C=N)C=O)C1. The van der Waals surface area contributed by atoms with E-state index in [2.05, 4.69) is 0 Å². The average Bonchev–Trinajstić information content (AvgIpc) is 2.29. The van der Waals surface area contributed by atoms with Crippen molar-refractivity contribution in [3.63, 3.8) is 0 Å². The van der Waals surface area contributed by atoms with Gasteiger partial charge in [-0.3, -0.25) is 10.2 Å². The Morgan fingerprint density at radius 2 is 2.17 bits per heavy atom. The van der Waals surface area contributed by atoms with Crippen molar-refractivity contribution < 1.29 is 14.3 Å². The van der Waals surface area contributed by atoms with Crippen LogP contribution in [0.5, 0.6) is 0 Å². The van der Waals surface area contributed by atoms with E-state index in [9.17, 15) is 9.59 Å². The van der Waals surface area contributed by atoms with Crippen molar-refractivity contribution in [3.8, 4) is 0 Å². The zero-order chi connectivity index (χ0) is 13.8. The molecule has 1 saturated heterocycles. The van der Waals surface area contributed by atoms with Crippen LogP contribution in [0, 0.1) is 5.41 Å². The second-order valence-corrected chi connectivity index (χ2v) is 5.40. The predicted octanol–water partition coefficient (Wildman–Crippen LogP) is 1.45. The average molecular weight is 255 g/mol. The third kappa shape index (κ3) is 4.01. The van der Waals surface area contributed by atoms with Crippen LogP contribution in [0.15, 0.2) is 0 Å². The number of piperidine rings is 1. The van der Waals surface area contributed by atoms with Crippen LogP contribution in [0.4, 0.5) is 4.79 Å². The van der Waals surface area contributed by atoms with E-state index in [0.717, 1.165) is 19.2 Å². The normalized spacial score (nSPS) is 20.2. The van der Waals surface area contributed by atoms with E-state index < -0.39 is 5.60 Å². The lowest BCUT2D eigenvalue weighted by Crippen LogP contribution is -2.50. The number of likely N-dealkylation sites (tertiary alicyclic amines) is 1. The van der Waals surface area contributed by atoms with Gasteiger partial charge in [0.2, 0.25) is 6.41 Å². The van der Waals surface area contributed by atoms with Gasteiger partial charge in [0.25, 0.3) is 0 Å². The molecule has 0 aliphatic carbocycles. The highest BCUT2D eigenvalue weighted by molar-refractivity contribution is 5.72. The number of carbonyl (C=O) groups excluding carboxylic acids is 2. The summed E-state index contributed by atoms with van der Waals surface area (Å²) < 4.78 is 5.30. The first-order chi connectivity index (χ1) is 8.37. The van der Waals surface area contributed by atoms with Gasteiger partial charge in [-0.25, -0.2) is 4.79 Å². The summed E-state index contributed by atoms with van der Waals surface area (Å²) in [7, 11) is 0. The van der Waals surface area contributed by atoms with Crippen molar-refractivity contribution in [1.82, 2.24) is 9.80 Å². The van der Waals surface area contributed by atoms with E-state index >= 15 is 0 Å².